The van der Waals surface area contributed by atoms with Crippen molar-refractivity contribution in [2.24, 2.45) is 0 Å². The van der Waals surface area contributed by atoms with Crippen LogP contribution in [0.3, 0.4) is 0 Å². The number of nitrogens with one attached hydrogen (secondary N) is 1. The van der Waals surface area contributed by atoms with Crippen LogP contribution in [0.1, 0.15) is 18.9 Å². The van der Waals surface area contributed by atoms with Crippen molar-refractivity contribution in [3.05, 3.63) is 64.1 Å². The molecule has 23 heavy (non-hydrogen) atoms. The maximum atomic E-state index is 12.0. The highest BCUT2D eigenvalue weighted by Crippen LogP contribution is 2.24. The normalized spacial score (nSPS) is 11.8. The molecule has 122 valence electrons. The second-order valence-corrected chi connectivity index (χ2v) is 6.06. The lowest BCUT2D eigenvalue weighted by atomic mass is 10.1. The lowest BCUT2D eigenvalue weighted by Gasteiger charge is -2.15. The highest BCUT2D eigenvalue weighted by Gasteiger charge is 2.15. The van der Waals surface area contributed by atoms with E-state index in [9.17, 15) is 4.79 Å². The number of halogens is 2. The molecule has 1 atom stereocenters. The Morgan fingerprint density at radius 1 is 1.13 bits per heavy atom. The van der Waals surface area contributed by atoms with Gasteiger partial charge in [0.1, 0.15) is 5.75 Å². The third-order valence-corrected chi connectivity index (χ3v) is 3.93. The van der Waals surface area contributed by atoms with E-state index in [1.165, 1.54) is 5.56 Å². The third kappa shape index (κ3) is 5.77. The van der Waals surface area contributed by atoms with Gasteiger partial charge in [-0.05, 0) is 49.6 Å². The van der Waals surface area contributed by atoms with Gasteiger partial charge in [0.05, 0.1) is 5.02 Å². The molecule has 0 fully saturated rings. The molecule has 0 aliphatic rings. The second-order valence-electron chi connectivity index (χ2n) is 5.21. The molecule has 0 saturated heterocycles. The summed E-state index contributed by atoms with van der Waals surface area (Å²) in [5, 5.41) is 4.10. The first kappa shape index (κ1) is 17.6. The van der Waals surface area contributed by atoms with Crippen molar-refractivity contribution < 1.29 is 9.53 Å². The summed E-state index contributed by atoms with van der Waals surface area (Å²) in [4.78, 5) is 12.0. The second kappa shape index (κ2) is 8.80. The van der Waals surface area contributed by atoms with Crippen LogP contribution in [0.5, 0.6) is 5.75 Å². The molecule has 0 saturated carbocycles. The molecule has 0 unspecified atom stereocenters. The molecule has 0 radical (unpaired) electrons. The van der Waals surface area contributed by atoms with Gasteiger partial charge in [-0.2, -0.15) is 0 Å². The van der Waals surface area contributed by atoms with E-state index in [1.807, 2.05) is 36.4 Å². The number of amides is 1. The molecule has 0 aliphatic heterocycles. The van der Waals surface area contributed by atoms with Crippen molar-refractivity contribution in [2.45, 2.75) is 25.9 Å². The van der Waals surface area contributed by atoms with Gasteiger partial charge < -0.3 is 10.1 Å². The van der Waals surface area contributed by atoms with Crippen LogP contribution in [-0.4, -0.2) is 18.6 Å². The van der Waals surface area contributed by atoms with Gasteiger partial charge in [-0.3, -0.25) is 4.79 Å². The Kier molecular flexibility index (Phi) is 6.75. The van der Waals surface area contributed by atoms with Crippen LogP contribution in [0.4, 0.5) is 0 Å². The Balaban J connectivity index is 1.72. The summed E-state index contributed by atoms with van der Waals surface area (Å²) in [5.74, 6) is 0.360. The zero-order chi connectivity index (χ0) is 16.7. The van der Waals surface area contributed by atoms with Crippen LogP contribution in [-0.2, 0) is 11.2 Å². The number of carbonyl (C=O) groups excluding carboxylic acids is 1. The summed E-state index contributed by atoms with van der Waals surface area (Å²) in [6.45, 7) is 2.30. The summed E-state index contributed by atoms with van der Waals surface area (Å²) in [5.41, 5.74) is 1.20. The van der Waals surface area contributed by atoms with E-state index in [0.717, 1.165) is 17.9 Å². The van der Waals surface area contributed by atoms with E-state index in [-0.39, 0.29) is 5.91 Å². The van der Waals surface area contributed by atoms with Gasteiger partial charge in [-0.15, -0.1) is 0 Å². The first-order chi connectivity index (χ1) is 11.1. The van der Waals surface area contributed by atoms with Crippen molar-refractivity contribution in [3.8, 4) is 5.75 Å². The predicted molar refractivity (Wildman–Crippen MR) is 94.3 cm³/mol. The molecule has 2 aromatic carbocycles. The molecule has 5 heteroatoms. The van der Waals surface area contributed by atoms with E-state index in [4.69, 9.17) is 27.9 Å². The predicted octanol–water partition coefficient (Wildman–Crippen LogP) is 4.51. The number of ether oxygens (including phenoxy) is 1. The number of rotatable bonds is 7. The maximum absolute atomic E-state index is 12.0. The van der Waals surface area contributed by atoms with Crippen molar-refractivity contribution in [1.82, 2.24) is 5.32 Å². The molecule has 0 spiro atoms. The highest BCUT2D eigenvalue weighted by atomic mass is 35.5. The van der Waals surface area contributed by atoms with Gasteiger partial charge in [-0.25, -0.2) is 0 Å². The number of para-hydroxylation sites is 1. The van der Waals surface area contributed by atoms with E-state index >= 15 is 0 Å². The van der Waals surface area contributed by atoms with Gasteiger partial charge in [-0.1, -0.05) is 47.5 Å². The minimum absolute atomic E-state index is 0.152. The molecule has 3 nitrogen and oxygen atoms in total. The van der Waals surface area contributed by atoms with Crippen molar-refractivity contribution >= 4 is 29.1 Å². The highest BCUT2D eigenvalue weighted by molar-refractivity contribution is 6.32. The average molecular weight is 352 g/mol. The van der Waals surface area contributed by atoms with Crippen LogP contribution in [0, 0.1) is 0 Å². The third-order valence-electron chi connectivity index (χ3n) is 3.36. The van der Waals surface area contributed by atoms with Gasteiger partial charge in [0, 0.05) is 11.6 Å². The number of benzene rings is 2. The molecule has 1 N–H and O–H groups in total. The molecule has 2 aromatic rings. The van der Waals surface area contributed by atoms with Crippen molar-refractivity contribution in [3.63, 3.8) is 0 Å². The Bertz CT molecular complexity index is 644. The summed E-state index contributed by atoms with van der Waals surface area (Å²) in [7, 11) is 0. The quantitative estimate of drug-likeness (QED) is 0.745. The molecule has 0 heterocycles. The number of hydrogen-bond acceptors (Lipinski definition) is 2. The van der Waals surface area contributed by atoms with Crippen molar-refractivity contribution in [2.75, 3.05) is 6.54 Å². The fourth-order valence-electron chi connectivity index (χ4n) is 2.08. The number of hydrogen-bond donors (Lipinski definition) is 1. The van der Waals surface area contributed by atoms with Crippen LogP contribution in [0.25, 0.3) is 0 Å². The molecule has 1 amide bonds. The van der Waals surface area contributed by atoms with E-state index in [2.05, 4.69) is 5.32 Å². The van der Waals surface area contributed by atoms with Crippen LogP contribution < -0.4 is 10.1 Å². The zero-order valence-electron chi connectivity index (χ0n) is 12.9. The largest absolute Gasteiger partial charge is 0.479 e. The van der Waals surface area contributed by atoms with Gasteiger partial charge >= 0.3 is 0 Å². The monoisotopic (exact) mass is 351 g/mol. The van der Waals surface area contributed by atoms with Gasteiger partial charge in [0.2, 0.25) is 0 Å². The lowest BCUT2D eigenvalue weighted by molar-refractivity contribution is -0.127. The first-order valence-corrected chi connectivity index (χ1v) is 8.25. The van der Waals surface area contributed by atoms with Crippen LogP contribution >= 0.6 is 23.2 Å². The Morgan fingerprint density at radius 3 is 2.52 bits per heavy atom. The van der Waals surface area contributed by atoms with Gasteiger partial charge in [0.25, 0.3) is 5.91 Å². The molecule has 2 rings (SSSR count). The molecule has 0 aromatic heterocycles. The van der Waals surface area contributed by atoms with Gasteiger partial charge in [0.15, 0.2) is 6.10 Å². The van der Waals surface area contributed by atoms with Crippen LogP contribution in [0.2, 0.25) is 10.0 Å². The molecule has 0 bridgehead atoms. The Morgan fingerprint density at radius 2 is 1.83 bits per heavy atom. The smallest absolute Gasteiger partial charge is 0.260 e. The summed E-state index contributed by atoms with van der Waals surface area (Å²) in [6, 6.07) is 14.8. The number of aryl methyl sites for hydroxylation is 1. The molecular weight excluding hydrogens is 333 g/mol. The fraction of sp³-hybridized carbons (Fsp3) is 0.278. The maximum Gasteiger partial charge on any atom is 0.260 e. The van der Waals surface area contributed by atoms with E-state index in [0.29, 0.717) is 17.3 Å². The SMILES string of the molecule is C[C@@H](Oc1ccccc1Cl)C(=O)NCCCc1ccc(Cl)cc1. The molecule has 0 aliphatic carbocycles. The summed E-state index contributed by atoms with van der Waals surface area (Å²) in [6.07, 6.45) is 1.15. The van der Waals surface area contributed by atoms with E-state index in [1.54, 1.807) is 19.1 Å². The Labute approximate surface area is 146 Å². The van der Waals surface area contributed by atoms with Crippen molar-refractivity contribution in [1.29, 1.82) is 0 Å². The minimum Gasteiger partial charge on any atom is -0.479 e. The zero-order valence-corrected chi connectivity index (χ0v) is 14.4. The minimum atomic E-state index is -0.592. The van der Waals surface area contributed by atoms with Crippen LogP contribution in [0.15, 0.2) is 48.5 Å². The van der Waals surface area contributed by atoms with E-state index < -0.39 is 6.10 Å². The molecular formula is C18H19Cl2NO2. The topological polar surface area (TPSA) is 38.3 Å². The standard InChI is InChI=1S/C18H19Cl2NO2/c1-13(23-17-7-3-2-6-16(17)20)18(22)21-12-4-5-14-8-10-15(19)11-9-14/h2-3,6-11,13H,4-5,12H2,1H3,(H,21,22)/t13-/m1/s1. The average Bonchev–Trinajstić information content (AvgIpc) is 2.55. The lowest BCUT2D eigenvalue weighted by Crippen LogP contribution is -2.37. The first-order valence-electron chi connectivity index (χ1n) is 7.49. The number of carbonyl (C=O) groups is 1. The Hall–Kier alpha value is -1.71. The summed E-state index contributed by atoms with van der Waals surface area (Å²) >= 11 is 11.9. The fourth-order valence-corrected chi connectivity index (χ4v) is 2.39. The summed E-state index contributed by atoms with van der Waals surface area (Å²) < 4.78 is 5.58.